The van der Waals surface area contributed by atoms with Crippen LogP contribution in [0, 0.1) is 0 Å². The zero-order chi connectivity index (χ0) is 20.6. The monoisotopic (exact) mass is 446 g/mol. The molecule has 3 heteroatoms. The van der Waals surface area contributed by atoms with Crippen LogP contribution < -0.4 is 21.2 Å². The molecule has 30 heavy (non-hydrogen) atoms. The molecule has 0 aliphatic rings. The average Bonchev–Trinajstić information content (AvgIpc) is 2.82. The van der Waals surface area contributed by atoms with Crippen LogP contribution in [0.3, 0.4) is 0 Å². The quantitative estimate of drug-likeness (QED) is 0.223. The predicted molar refractivity (Wildman–Crippen MR) is 137 cm³/mol. The summed E-state index contributed by atoms with van der Waals surface area (Å²) in [5.74, 6) is 0.668. The van der Waals surface area contributed by atoms with Gasteiger partial charge in [0.25, 0.3) is 0 Å². The van der Waals surface area contributed by atoms with E-state index in [1.54, 1.807) is 0 Å². The van der Waals surface area contributed by atoms with Crippen LogP contribution in [0.1, 0.15) is 6.42 Å². The minimum atomic E-state index is -0.562. The molecule has 4 aromatic carbocycles. The van der Waals surface area contributed by atoms with Crippen LogP contribution in [-0.4, -0.2) is 11.3 Å². The van der Waals surface area contributed by atoms with E-state index in [0.29, 0.717) is 11.3 Å². The van der Waals surface area contributed by atoms with Gasteiger partial charge in [-0.3, -0.25) is 0 Å². The Morgan fingerprint density at radius 3 is 0.967 bits per heavy atom. The van der Waals surface area contributed by atoms with E-state index in [4.69, 9.17) is 11.6 Å². The molecule has 0 aliphatic carbocycles. The number of halogens is 1. The molecule has 0 N–H and O–H groups in total. The number of alkyl halides is 1. The maximum absolute atomic E-state index is 6.46. The number of rotatable bonds is 8. The van der Waals surface area contributed by atoms with E-state index in [2.05, 4.69) is 121 Å². The van der Waals surface area contributed by atoms with Crippen LogP contribution in [0.2, 0.25) is 0 Å². The molecule has 0 fully saturated rings. The topological polar surface area (TPSA) is 0 Å². The molecular formula is C27H25ClP2. The minimum Gasteiger partial charge on any atom is -0.127 e. The van der Waals surface area contributed by atoms with Crippen molar-refractivity contribution >= 4 is 48.7 Å². The smallest absolute Gasteiger partial charge is 0.0233 e. The highest BCUT2D eigenvalue weighted by molar-refractivity contribution is 7.89. The summed E-state index contributed by atoms with van der Waals surface area (Å²) in [4.78, 5) is 0. The van der Waals surface area contributed by atoms with Crippen molar-refractivity contribution in [1.82, 2.24) is 0 Å². The van der Waals surface area contributed by atoms with Crippen LogP contribution >= 0.6 is 27.4 Å². The normalized spacial score (nSPS) is 11.3. The van der Waals surface area contributed by atoms with Crippen LogP contribution in [0.15, 0.2) is 121 Å². The van der Waals surface area contributed by atoms with Crippen molar-refractivity contribution in [3.63, 3.8) is 0 Å². The van der Waals surface area contributed by atoms with E-state index < -0.39 is 15.8 Å². The highest BCUT2D eigenvalue weighted by Gasteiger charge is 2.33. The fraction of sp³-hybridized carbons (Fsp3) is 0.111. The standard InChI is InChI=1S/C27H25ClP2/c28-22-21-27(29(23-13-5-1-6-14-23)24-15-7-2-8-16-24)30(25-17-9-3-10-18-25)26-19-11-4-12-20-26/h1-20,27H,21-22H2. The number of hydrogen-bond acceptors (Lipinski definition) is 0. The molecule has 150 valence electrons. The predicted octanol–water partition coefficient (Wildman–Crippen LogP) is 6.21. The molecule has 0 spiro atoms. The average molecular weight is 447 g/mol. The van der Waals surface area contributed by atoms with Crippen molar-refractivity contribution in [2.24, 2.45) is 0 Å². The summed E-state index contributed by atoms with van der Waals surface area (Å²) in [7, 11) is -1.12. The van der Waals surface area contributed by atoms with Gasteiger partial charge in [0.1, 0.15) is 0 Å². The second-order valence-corrected chi connectivity index (χ2v) is 12.6. The molecular weight excluding hydrogens is 422 g/mol. The van der Waals surface area contributed by atoms with Crippen molar-refractivity contribution in [2.75, 3.05) is 5.88 Å². The maximum atomic E-state index is 6.46. The van der Waals surface area contributed by atoms with Gasteiger partial charge in [-0.05, 0) is 43.5 Å². The summed E-state index contributed by atoms with van der Waals surface area (Å²) >= 11 is 6.46. The Labute approximate surface area is 187 Å². The molecule has 0 aliphatic heterocycles. The highest BCUT2D eigenvalue weighted by Crippen LogP contribution is 2.57. The van der Waals surface area contributed by atoms with E-state index in [-0.39, 0.29) is 0 Å². The lowest BCUT2D eigenvalue weighted by Gasteiger charge is -2.35. The summed E-state index contributed by atoms with van der Waals surface area (Å²) in [5.41, 5.74) is 0. The lowest BCUT2D eigenvalue weighted by molar-refractivity contribution is 1.05. The Bertz CT molecular complexity index is 846. The Morgan fingerprint density at radius 2 is 0.733 bits per heavy atom. The molecule has 0 saturated heterocycles. The summed E-state index contributed by atoms with van der Waals surface area (Å²) in [6, 6.07) is 44.1. The minimum absolute atomic E-state index is 0.460. The Hall–Kier alpha value is -1.97. The zero-order valence-electron chi connectivity index (χ0n) is 16.8. The third kappa shape index (κ3) is 5.01. The van der Waals surface area contributed by atoms with Gasteiger partial charge >= 0.3 is 0 Å². The van der Waals surface area contributed by atoms with Gasteiger partial charge in [-0.2, -0.15) is 0 Å². The zero-order valence-corrected chi connectivity index (χ0v) is 19.4. The van der Waals surface area contributed by atoms with Gasteiger partial charge in [-0.15, -0.1) is 11.6 Å². The van der Waals surface area contributed by atoms with Gasteiger partial charge in [0, 0.05) is 11.3 Å². The Kier molecular flexibility index (Phi) is 7.71. The molecule has 4 rings (SSSR count). The van der Waals surface area contributed by atoms with Crippen molar-refractivity contribution in [3.8, 4) is 0 Å². The van der Waals surface area contributed by atoms with Crippen LogP contribution in [0.25, 0.3) is 0 Å². The molecule has 0 atom stereocenters. The third-order valence-electron chi connectivity index (χ3n) is 5.10. The van der Waals surface area contributed by atoms with Crippen LogP contribution in [-0.2, 0) is 0 Å². The Morgan fingerprint density at radius 1 is 0.467 bits per heavy atom. The largest absolute Gasteiger partial charge is 0.127 e. The van der Waals surface area contributed by atoms with E-state index >= 15 is 0 Å². The molecule has 0 heterocycles. The molecule has 0 radical (unpaired) electrons. The van der Waals surface area contributed by atoms with Crippen LogP contribution in [0.5, 0.6) is 0 Å². The second-order valence-electron chi connectivity index (χ2n) is 7.04. The molecule has 0 amide bonds. The first-order valence-corrected chi connectivity index (χ1v) is 13.6. The van der Waals surface area contributed by atoms with Gasteiger partial charge in [-0.1, -0.05) is 121 Å². The van der Waals surface area contributed by atoms with E-state index in [0.717, 1.165) is 6.42 Å². The van der Waals surface area contributed by atoms with Crippen molar-refractivity contribution in [2.45, 2.75) is 11.8 Å². The summed E-state index contributed by atoms with van der Waals surface area (Å²) in [5, 5.41) is 6.16. The van der Waals surface area contributed by atoms with Crippen molar-refractivity contribution < 1.29 is 0 Å². The fourth-order valence-corrected chi connectivity index (χ4v) is 11.6. The van der Waals surface area contributed by atoms with Gasteiger partial charge in [0.15, 0.2) is 0 Å². The first-order chi connectivity index (χ1) is 14.9. The molecule has 0 bridgehead atoms. The van der Waals surface area contributed by atoms with E-state index in [1.165, 1.54) is 21.2 Å². The van der Waals surface area contributed by atoms with Gasteiger partial charge in [0.2, 0.25) is 0 Å². The lowest BCUT2D eigenvalue weighted by atomic mass is 10.4. The van der Waals surface area contributed by atoms with Gasteiger partial charge in [-0.25, -0.2) is 0 Å². The van der Waals surface area contributed by atoms with Gasteiger partial charge < -0.3 is 0 Å². The number of hydrogen-bond donors (Lipinski definition) is 0. The van der Waals surface area contributed by atoms with Crippen LogP contribution in [0.4, 0.5) is 0 Å². The highest BCUT2D eigenvalue weighted by atomic mass is 35.5. The van der Waals surface area contributed by atoms with E-state index in [1.807, 2.05) is 0 Å². The third-order valence-corrected chi connectivity index (χ3v) is 11.8. The lowest BCUT2D eigenvalue weighted by Crippen LogP contribution is -2.28. The summed E-state index contributed by atoms with van der Waals surface area (Å²) in [6.07, 6.45) is 0.993. The Balaban J connectivity index is 1.89. The molecule has 4 aromatic rings. The van der Waals surface area contributed by atoms with Gasteiger partial charge in [0.05, 0.1) is 0 Å². The molecule has 0 aromatic heterocycles. The molecule has 0 unspecified atom stereocenters. The maximum Gasteiger partial charge on any atom is 0.0233 e. The fourth-order valence-electron chi connectivity index (χ4n) is 3.81. The first kappa shape index (κ1) is 21.3. The SMILES string of the molecule is ClCCC(P(c1ccccc1)c1ccccc1)P(c1ccccc1)c1ccccc1. The molecule has 0 saturated carbocycles. The summed E-state index contributed by atoms with van der Waals surface area (Å²) < 4.78 is 0. The first-order valence-electron chi connectivity index (χ1n) is 10.2. The number of benzene rings is 4. The van der Waals surface area contributed by atoms with E-state index in [9.17, 15) is 0 Å². The molecule has 0 nitrogen and oxygen atoms in total. The summed E-state index contributed by atoms with van der Waals surface area (Å²) in [6.45, 7) is 0. The second kappa shape index (κ2) is 10.9. The van der Waals surface area contributed by atoms with Crippen molar-refractivity contribution in [1.29, 1.82) is 0 Å². The van der Waals surface area contributed by atoms with Crippen molar-refractivity contribution in [3.05, 3.63) is 121 Å².